The van der Waals surface area contributed by atoms with E-state index in [-0.39, 0.29) is 5.57 Å². The van der Waals surface area contributed by atoms with E-state index in [4.69, 9.17) is 7.85 Å². The molecule has 0 amide bonds. The van der Waals surface area contributed by atoms with Gasteiger partial charge in [-0.25, -0.2) is 17.6 Å². The minimum Gasteiger partial charge on any atom is -0.203 e. The monoisotopic (exact) mass is 306 g/mol. The third kappa shape index (κ3) is 2.89. The number of benzene rings is 1. The van der Waals surface area contributed by atoms with Crippen LogP contribution >= 0.6 is 0 Å². The minimum absolute atomic E-state index is 0.0218. The minimum atomic E-state index is -1.40. The third-order valence-corrected chi connectivity index (χ3v) is 3.52. The Hall–Kier alpha value is -1.78. The van der Waals surface area contributed by atoms with E-state index >= 15 is 0 Å². The second-order valence-electron chi connectivity index (χ2n) is 5.88. The quantitative estimate of drug-likeness (QED) is 0.399. The molecule has 22 heavy (non-hydrogen) atoms. The van der Waals surface area contributed by atoms with Gasteiger partial charge in [-0.3, -0.25) is 0 Å². The van der Waals surface area contributed by atoms with Gasteiger partial charge in [0, 0.05) is 5.56 Å². The zero-order chi connectivity index (χ0) is 16.7. The fourth-order valence-corrected chi connectivity index (χ4v) is 2.32. The van der Waals surface area contributed by atoms with Crippen molar-refractivity contribution < 1.29 is 17.6 Å². The number of allylic oxidation sites excluding steroid dienone is 6. The Kier molecular flexibility index (Phi) is 4.36. The van der Waals surface area contributed by atoms with Crippen LogP contribution in [0.5, 0.6) is 0 Å². The summed E-state index contributed by atoms with van der Waals surface area (Å²) in [5.41, 5.74) is -1.29. The van der Waals surface area contributed by atoms with E-state index in [1.807, 2.05) is 0 Å². The predicted octanol–water partition coefficient (Wildman–Crippen LogP) is 5.22. The van der Waals surface area contributed by atoms with Crippen LogP contribution in [0.4, 0.5) is 17.6 Å². The Balaban J connectivity index is 2.69. The molecule has 0 saturated carbocycles. The molecule has 1 atom stereocenters. The highest BCUT2D eigenvalue weighted by molar-refractivity contribution is 6.18. The van der Waals surface area contributed by atoms with E-state index in [9.17, 15) is 17.6 Å². The topological polar surface area (TPSA) is 0 Å². The van der Waals surface area contributed by atoms with Crippen LogP contribution in [0.3, 0.4) is 0 Å². The highest BCUT2D eigenvalue weighted by atomic mass is 19.2. The van der Waals surface area contributed by atoms with Crippen molar-refractivity contribution in [2.24, 2.45) is 0 Å². The van der Waals surface area contributed by atoms with Crippen LogP contribution in [0.1, 0.15) is 37.8 Å². The van der Waals surface area contributed by atoms with E-state index in [1.165, 1.54) is 38.2 Å². The van der Waals surface area contributed by atoms with Gasteiger partial charge in [-0.2, -0.15) is 0 Å². The van der Waals surface area contributed by atoms with Gasteiger partial charge in [0.2, 0.25) is 0 Å². The Morgan fingerprint density at radius 3 is 2.00 bits per heavy atom. The summed E-state index contributed by atoms with van der Waals surface area (Å²) >= 11 is 0. The first kappa shape index (κ1) is 16.6. The molecule has 0 aromatic heterocycles. The van der Waals surface area contributed by atoms with Crippen LogP contribution in [0, 0.1) is 23.3 Å². The van der Waals surface area contributed by atoms with Gasteiger partial charge in [0.05, 0.1) is 13.4 Å². The largest absolute Gasteiger partial charge is 0.203 e. The van der Waals surface area contributed by atoms with Crippen LogP contribution in [0.2, 0.25) is 5.31 Å². The molecule has 0 nitrogen and oxygen atoms in total. The molecule has 0 saturated heterocycles. The summed E-state index contributed by atoms with van der Waals surface area (Å²) in [5, 5.41) is -0.805. The number of hydrogen-bond donors (Lipinski definition) is 0. The maximum atomic E-state index is 14.3. The molecule has 0 heterocycles. The molecule has 1 aliphatic rings. The van der Waals surface area contributed by atoms with Gasteiger partial charge in [-0.15, -0.1) is 0 Å². The van der Waals surface area contributed by atoms with Crippen LogP contribution in [0.25, 0.3) is 5.57 Å². The first-order chi connectivity index (χ1) is 10.2. The smallest absolute Gasteiger partial charge is 0.170 e. The molecule has 2 radical (unpaired) electrons. The summed E-state index contributed by atoms with van der Waals surface area (Å²) in [4.78, 5) is 0. The summed E-state index contributed by atoms with van der Waals surface area (Å²) in [6.45, 7) is 4.62. The van der Waals surface area contributed by atoms with Crippen molar-refractivity contribution in [3.63, 3.8) is 0 Å². The van der Waals surface area contributed by atoms with Crippen molar-refractivity contribution in [2.45, 2.75) is 32.0 Å². The highest BCUT2D eigenvalue weighted by Crippen LogP contribution is 2.35. The molecular weight excluding hydrogens is 291 g/mol. The summed E-state index contributed by atoms with van der Waals surface area (Å²) in [5.74, 6) is -6.19. The highest BCUT2D eigenvalue weighted by Gasteiger charge is 2.28. The molecule has 1 aromatic rings. The van der Waals surface area contributed by atoms with Crippen molar-refractivity contribution in [1.82, 2.24) is 0 Å². The summed E-state index contributed by atoms with van der Waals surface area (Å²) in [6, 6.07) is 0. The van der Waals surface area contributed by atoms with Crippen molar-refractivity contribution in [3.05, 3.63) is 64.8 Å². The average Bonchev–Trinajstić information content (AvgIpc) is 2.58. The molecule has 1 aromatic carbocycles. The van der Waals surface area contributed by atoms with Crippen LogP contribution in [-0.4, -0.2) is 7.85 Å². The van der Waals surface area contributed by atoms with E-state index in [1.54, 1.807) is 13.0 Å². The molecule has 2 rings (SSSR count). The van der Waals surface area contributed by atoms with Gasteiger partial charge in [0.1, 0.15) is 0 Å². The molecule has 1 unspecified atom stereocenters. The van der Waals surface area contributed by atoms with Crippen molar-refractivity contribution in [3.8, 4) is 0 Å². The summed E-state index contributed by atoms with van der Waals surface area (Å²) < 4.78 is 56.7. The van der Waals surface area contributed by atoms with Crippen LogP contribution in [-0.2, 0) is 0 Å². The van der Waals surface area contributed by atoms with Gasteiger partial charge in [-0.05, 0) is 16.8 Å². The maximum Gasteiger partial charge on any atom is 0.170 e. The number of halogens is 4. The molecule has 114 valence electrons. The molecule has 0 spiro atoms. The lowest BCUT2D eigenvalue weighted by molar-refractivity contribution is 0.429. The number of rotatable bonds is 2. The fourth-order valence-electron chi connectivity index (χ4n) is 2.32. The molecule has 0 aliphatic heterocycles. The van der Waals surface area contributed by atoms with Crippen molar-refractivity contribution >= 4 is 13.4 Å². The summed E-state index contributed by atoms with van der Waals surface area (Å²) in [6.07, 6.45) is 7.34. The van der Waals surface area contributed by atoms with Gasteiger partial charge in [0.15, 0.2) is 23.3 Å². The second kappa shape index (κ2) is 5.78. The Bertz CT molecular complexity index is 668. The Labute approximate surface area is 128 Å². The molecular formula is C17H15BF4. The molecule has 0 bridgehead atoms. The third-order valence-electron chi connectivity index (χ3n) is 3.52. The fraction of sp³-hybridized carbons (Fsp3) is 0.294. The van der Waals surface area contributed by atoms with E-state index in [2.05, 4.69) is 0 Å². The van der Waals surface area contributed by atoms with Gasteiger partial charge < -0.3 is 0 Å². The Morgan fingerprint density at radius 2 is 1.50 bits per heavy atom. The lowest BCUT2D eigenvalue weighted by Gasteiger charge is -2.15. The van der Waals surface area contributed by atoms with E-state index in [0.29, 0.717) is 0 Å². The van der Waals surface area contributed by atoms with Gasteiger partial charge >= 0.3 is 0 Å². The predicted molar refractivity (Wildman–Crippen MR) is 80.7 cm³/mol. The van der Waals surface area contributed by atoms with Crippen LogP contribution in [0.15, 0.2) is 30.4 Å². The number of hydrogen-bond acceptors (Lipinski definition) is 0. The zero-order valence-corrected chi connectivity index (χ0v) is 12.6. The lowest BCUT2D eigenvalue weighted by atomic mass is 9.70. The average molecular weight is 306 g/mol. The lowest BCUT2D eigenvalue weighted by Crippen LogP contribution is -2.09. The van der Waals surface area contributed by atoms with Gasteiger partial charge in [0.25, 0.3) is 0 Å². The van der Waals surface area contributed by atoms with Gasteiger partial charge in [-0.1, -0.05) is 51.2 Å². The van der Waals surface area contributed by atoms with E-state index in [0.717, 1.165) is 0 Å². The van der Waals surface area contributed by atoms with E-state index < -0.39 is 45.6 Å². The zero-order valence-electron chi connectivity index (χ0n) is 12.6. The Morgan fingerprint density at radius 1 is 0.955 bits per heavy atom. The first-order valence-electron chi connectivity index (χ1n) is 6.89. The standard InChI is InChI=1S/C17H15BF4/c1-9(2)11-13(19)15(21)12(16(22)14(11)20)10-5-4-7-17(3,18)8-6-10/h4-9H,1-3H3. The second-order valence-corrected chi connectivity index (χ2v) is 5.88. The molecule has 0 N–H and O–H groups in total. The summed E-state index contributed by atoms with van der Waals surface area (Å²) in [7, 11) is 5.88. The van der Waals surface area contributed by atoms with Crippen molar-refractivity contribution in [1.29, 1.82) is 0 Å². The maximum absolute atomic E-state index is 14.3. The van der Waals surface area contributed by atoms with Crippen LogP contribution < -0.4 is 0 Å². The normalized spacial score (nSPS) is 21.2. The molecule has 0 fully saturated rings. The molecule has 5 heteroatoms. The SMILES string of the molecule is [B]C1(C)C=CC=C(c2c(F)c(F)c(C(C)C)c(F)c2F)C=C1. The molecule has 1 aliphatic carbocycles. The van der Waals surface area contributed by atoms with Crippen molar-refractivity contribution in [2.75, 3.05) is 0 Å². The first-order valence-corrected chi connectivity index (χ1v) is 6.89.